The standard InChI is InChI=1S/C17H16N2O6S/c1-11-4-5-12(9-13(11)19(23)24)18-16(21)10-25-17(22)7-6-14(20)15-3-2-8-26-15/h2-5,8-9H,6-7,10H2,1H3,(H,18,21). The second kappa shape index (κ2) is 8.86. The molecular formula is C17H16N2O6S. The summed E-state index contributed by atoms with van der Waals surface area (Å²) in [5, 5.41) is 15.1. The number of rotatable bonds is 8. The van der Waals surface area contributed by atoms with Crippen molar-refractivity contribution in [1.82, 2.24) is 0 Å². The number of thiophene rings is 1. The van der Waals surface area contributed by atoms with Crippen LogP contribution in [0.3, 0.4) is 0 Å². The van der Waals surface area contributed by atoms with Gasteiger partial charge >= 0.3 is 5.97 Å². The average Bonchev–Trinajstić information content (AvgIpc) is 3.14. The maximum Gasteiger partial charge on any atom is 0.306 e. The highest BCUT2D eigenvalue weighted by atomic mass is 32.1. The topological polar surface area (TPSA) is 116 Å². The first-order valence-corrected chi connectivity index (χ1v) is 8.52. The van der Waals surface area contributed by atoms with Crippen LogP contribution in [0.4, 0.5) is 11.4 Å². The van der Waals surface area contributed by atoms with Crippen molar-refractivity contribution in [2.75, 3.05) is 11.9 Å². The van der Waals surface area contributed by atoms with Crippen LogP contribution in [0.2, 0.25) is 0 Å². The number of Topliss-reactive ketones (excluding diaryl/α,β-unsaturated/α-hetero) is 1. The van der Waals surface area contributed by atoms with Gasteiger partial charge < -0.3 is 10.1 Å². The number of carbonyl (C=O) groups excluding carboxylic acids is 3. The Bertz CT molecular complexity index is 832. The van der Waals surface area contributed by atoms with E-state index >= 15 is 0 Å². The summed E-state index contributed by atoms with van der Waals surface area (Å²) in [6.45, 7) is 1.05. The zero-order chi connectivity index (χ0) is 19.1. The van der Waals surface area contributed by atoms with Crippen molar-refractivity contribution in [1.29, 1.82) is 0 Å². The SMILES string of the molecule is Cc1ccc(NC(=O)COC(=O)CCC(=O)c2cccs2)cc1[N+](=O)[O-]. The Hall–Kier alpha value is -3.07. The number of nitrogens with zero attached hydrogens (tertiary/aromatic N) is 1. The molecule has 26 heavy (non-hydrogen) atoms. The van der Waals surface area contributed by atoms with Gasteiger partial charge in [0.15, 0.2) is 12.4 Å². The fourth-order valence-corrected chi connectivity index (χ4v) is 2.77. The van der Waals surface area contributed by atoms with Crippen molar-refractivity contribution in [3.63, 3.8) is 0 Å². The second-order valence-electron chi connectivity index (χ2n) is 5.37. The molecule has 0 unspecified atom stereocenters. The fourth-order valence-electron chi connectivity index (χ4n) is 2.08. The van der Waals surface area contributed by atoms with Gasteiger partial charge in [-0.1, -0.05) is 12.1 Å². The number of carbonyl (C=O) groups is 3. The van der Waals surface area contributed by atoms with Crippen LogP contribution in [0.25, 0.3) is 0 Å². The number of anilines is 1. The Labute approximate surface area is 152 Å². The molecule has 1 aromatic heterocycles. The van der Waals surface area contributed by atoms with E-state index in [2.05, 4.69) is 5.32 Å². The molecule has 8 nitrogen and oxygen atoms in total. The maximum absolute atomic E-state index is 11.8. The molecule has 0 saturated carbocycles. The van der Waals surface area contributed by atoms with Gasteiger partial charge in [0.1, 0.15) is 0 Å². The zero-order valence-corrected chi connectivity index (χ0v) is 14.7. The van der Waals surface area contributed by atoms with Crippen LogP contribution in [0.15, 0.2) is 35.7 Å². The number of aryl methyl sites for hydroxylation is 1. The minimum absolute atomic E-state index is 0.00508. The smallest absolute Gasteiger partial charge is 0.306 e. The molecule has 0 aliphatic heterocycles. The van der Waals surface area contributed by atoms with E-state index in [1.54, 1.807) is 24.4 Å². The van der Waals surface area contributed by atoms with Gasteiger partial charge in [-0.15, -0.1) is 11.3 Å². The van der Waals surface area contributed by atoms with Crippen molar-refractivity contribution < 1.29 is 24.0 Å². The molecule has 1 heterocycles. The molecule has 1 N–H and O–H groups in total. The van der Waals surface area contributed by atoms with Gasteiger partial charge in [0.2, 0.25) is 0 Å². The first-order chi connectivity index (χ1) is 12.4. The zero-order valence-electron chi connectivity index (χ0n) is 13.9. The molecule has 1 aromatic carbocycles. The summed E-state index contributed by atoms with van der Waals surface area (Å²) in [5.41, 5.74) is 0.581. The quantitative estimate of drug-likeness (QED) is 0.327. The highest BCUT2D eigenvalue weighted by Gasteiger charge is 2.14. The lowest BCUT2D eigenvalue weighted by Gasteiger charge is -2.07. The molecule has 0 aliphatic rings. The van der Waals surface area contributed by atoms with Crippen molar-refractivity contribution in [2.45, 2.75) is 19.8 Å². The number of esters is 1. The summed E-state index contributed by atoms with van der Waals surface area (Å²) < 4.78 is 4.81. The van der Waals surface area contributed by atoms with Gasteiger partial charge in [0.05, 0.1) is 16.2 Å². The molecule has 2 aromatic rings. The van der Waals surface area contributed by atoms with Crippen molar-refractivity contribution in [2.24, 2.45) is 0 Å². The summed E-state index contributed by atoms with van der Waals surface area (Å²) in [7, 11) is 0. The minimum atomic E-state index is -0.667. The lowest BCUT2D eigenvalue weighted by atomic mass is 10.2. The van der Waals surface area contributed by atoms with E-state index in [0.717, 1.165) is 0 Å². The van der Waals surface area contributed by atoms with E-state index in [0.29, 0.717) is 10.4 Å². The molecule has 136 valence electrons. The molecule has 1 amide bonds. The number of hydrogen-bond donors (Lipinski definition) is 1. The van der Waals surface area contributed by atoms with E-state index < -0.39 is 23.4 Å². The summed E-state index contributed by atoms with van der Waals surface area (Å²) in [5.74, 6) is -1.45. The van der Waals surface area contributed by atoms with Gasteiger partial charge in [-0.2, -0.15) is 0 Å². The third-order valence-electron chi connectivity index (χ3n) is 3.41. The van der Waals surface area contributed by atoms with Crippen molar-refractivity contribution in [3.05, 3.63) is 56.3 Å². The number of ketones is 1. The molecule has 0 fully saturated rings. The third-order valence-corrected chi connectivity index (χ3v) is 4.32. The fraction of sp³-hybridized carbons (Fsp3) is 0.235. The number of nitro groups is 1. The van der Waals surface area contributed by atoms with Crippen molar-refractivity contribution in [3.8, 4) is 0 Å². The van der Waals surface area contributed by atoms with Gasteiger partial charge in [0.25, 0.3) is 11.6 Å². The second-order valence-corrected chi connectivity index (χ2v) is 6.32. The van der Waals surface area contributed by atoms with Crippen molar-refractivity contribution >= 4 is 40.4 Å². The maximum atomic E-state index is 11.8. The summed E-state index contributed by atoms with van der Waals surface area (Å²) in [6, 6.07) is 7.68. The molecule has 0 spiro atoms. The molecule has 0 atom stereocenters. The average molecular weight is 376 g/mol. The number of nitrogens with one attached hydrogen (secondary N) is 1. The van der Waals surface area contributed by atoms with Crippen LogP contribution in [0.5, 0.6) is 0 Å². The third kappa shape index (κ3) is 5.49. The number of benzene rings is 1. The highest BCUT2D eigenvalue weighted by molar-refractivity contribution is 7.12. The lowest BCUT2D eigenvalue weighted by Crippen LogP contribution is -2.21. The molecule has 2 rings (SSSR count). The van der Waals surface area contributed by atoms with Crippen LogP contribution in [0, 0.1) is 17.0 Å². The Kier molecular flexibility index (Phi) is 6.56. The van der Waals surface area contributed by atoms with Gasteiger partial charge in [-0.25, -0.2) is 0 Å². The normalized spacial score (nSPS) is 10.2. The van der Waals surface area contributed by atoms with Crippen LogP contribution in [-0.4, -0.2) is 29.2 Å². The van der Waals surface area contributed by atoms with E-state index in [-0.39, 0.29) is 30.0 Å². The van der Waals surface area contributed by atoms with Crippen LogP contribution in [0.1, 0.15) is 28.1 Å². The Morgan fingerprint density at radius 2 is 2.00 bits per heavy atom. The summed E-state index contributed by atoms with van der Waals surface area (Å²) >= 11 is 1.29. The van der Waals surface area contributed by atoms with E-state index in [1.165, 1.54) is 29.5 Å². The largest absolute Gasteiger partial charge is 0.456 e. The number of nitro benzene ring substituents is 1. The highest BCUT2D eigenvalue weighted by Crippen LogP contribution is 2.22. The first-order valence-electron chi connectivity index (χ1n) is 7.64. The minimum Gasteiger partial charge on any atom is -0.456 e. The molecule has 0 bridgehead atoms. The summed E-state index contributed by atoms with van der Waals surface area (Å²) in [6.07, 6.45) is -0.120. The predicted molar refractivity (Wildman–Crippen MR) is 95.3 cm³/mol. The van der Waals surface area contributed by atoms with Gasteiger partial charge in [0, 0.05) is 23.7 Å². The van der Waals surface area contributed by atoms with Gasteiger partial charge in [-0.05, 0) is 24.4 Å². The van der Waals surface area contributed by atoms with Crippen LogP contribution < -0.4 is 5.32 Å². The van der Waals surface area contributed by atoms with E-state index in [9.17, 15) is 24.5 Å². The molecule has 9 heteroatoms. The van der Waals surface area contributed by atoms with Crippen LogP contribution in [-0.2, 0) is 14.3 Å². The Morgan fingerprint density at radius 3 is 2.65 bits per heavy atom. The Morgan fingerprint density at radius 1 is 1.23 bits per heavy atom. The van der Waals surface area contributed by atoms with E-state index in [1.807, 2.05) is 0 Å². The molecule has 0 radical (unpaired) electrons. The first kappa shape index (κ1) is 19.3. The predicted octanol–water partition coefficient (Wildman–Crippen LogP) is 3.11. The number of ether oxygens (including phenoxy) is 1. The van der Waals surface area contributed by atoms with Gasteiger partial charge in [-0.3, -0.25) is 24.5 Å². The lowest BCUT2D eigenvalue weighted by molar-refractivity contribution is -0.385. The van der Waals surface area contributed by atoms with E-state index in [4.69, 9.17) is 4.74 Å². The number of hydrogen-bond acceptors (Lipinski definition) is 7. The van der Waals surface area contributed by atoms with Crippen LogP contribution >= 0.6 is 11.3 Å². The monoisotopic (exact) mass is 376 g/mol. The molecular weight excluding hydrogens is 360 g/mol. The summed E-state index contributed by atoms with van der Waals surface area (Å²) in [4.78, 5) is 46.1. The Balaban J connectivity index is 1.78. The molecule has 0 aliphatic carbocycles. The number of amides is 1. The molecule has 0 saturated heterocycles.